The number of carbonyl (C=O) groups is 1. The quantitative estimate of drug-likeness (QED) is 0.893. The van der Waals surface area contributed by atoms with E-state index in [1.54, 1.807) is 0 Å². The maximum Gasteiger partial charge on any atom is 0.408 e. The van der Waals surface area contributed by atoms with Crippen LogP contribution in [0, 0.1) is 6.92 Å². The Labute approximate surface area is 127 Å². The van der Waals surface area contributed by atoms with E-state index in [2.05, 4.69) is 5.32 Å². The van der Waals surface area contributed by atoms with Gasteiger partial charge in [0, 0.05) is 0 Å². The topological polar surface area (TPSA) is 58.6 Å². The van der Waals surface area contributed by atoms with Gasteiger partial charge in [0.1, 0.15) is 5.60 Å². The molecule has 1 amide bonds. The molecule has 0 saturated heterocycles. The molecule has 0 bridgehead atoms. The van der Waals surface area contributed by atoms with Crippen molar-refractivity contribution in [3.8, 4) is 0 Å². The largest absolute Gasteiger partial charge is 0.444 e. The van der Waals surface area contributed by atoms with Crippen molar-refractivity contribution in [1.29, 1.82) is 0 Å². The van der Waals surface area contributed by atoms with Crippen LogP contribution in [0.4, 0.5) is 4.79 Å². The Bertz CT molecular complexity index is 493. The molecule has 21 heavy (non-hydrogen) atoms. The van der Waals surface area contributed by atoms with Crippen LogP contribution in [0.1, 0.15) is 52.2 Å². The van der Waals surface area contributed by atoms with E-state index in [9.17, 15) is 9.90 Å². The van der Waals surface area contributed by atoms with Gasteiger partial charge in [-0.1, -0.05) is 36.8 Å². The molecule has 0 aromatic heterocycles. The molecule has 118 valence electrons. The molecular formula is C17H27NO3. The molecule has 0 radical (unpaired) electrons. The Hall–Kier alpha value is -1.55. The first kappa shape index (κ1) is 17.5. The van der Waals surface area contributed by atoms with Gasteiger partial charge >= 0.3 is 6.09 Å². The summed E-state index contributed by atoms with van der Waals surface area (Å²) < 4.78 is 5.32. The molecular weight excluding hydrogens is 266 g/mol. The lowest BCUT2D eigenvalue weighted by molar-refractivity contribution is 0.0231. The summed E-state index contributed by atoms with van der Waals surface area (Å²) in [7, 11) is 0. The second-order valence-corrected chi connectivity index (χ2v) is 6.62. The second-order valence-electron chi connectivity index (χ2n) is 6.62. The molecule has 0 heterocycles. The average Bonchev–Trinajstić information content (AvgIpc) is 2.35. The molecule has 0 aliphatic carbocycles. The molecule has 2 atom stereocenters. The number of aliphatic hydroxyl groups excluding tert-OH is 1. The maximum absolute atomic E-state index is 12.1. The van der Waals surface area contributed by atoms with Crippen molar-refractivity contribution in [1.82, 2.24) is 5.32 Å². The van der Waals surface area contributed by atoms with Crippen LogP contribution >= 0.6 is 0 Å². The van der Waals surface area contributed by atoms with Crippen LogP contribution in [-0.4, -0.2) is 22.9 Å². The molecule has 4 nitrogen and oxygen atoms in total. The molecule has 1 aromatic rings. The van der Waals surface area contributed by atoms with Crippen LogP contribution in [0.3, 0.4) is 0 Å². The van der Waals surface area contributed by atoms with Crippen molar-refractivity contribution in [3.05, 3.63) is 35.4 Å². The van der Waals surface area contributed by atoms with Crippen molar-refractivity contribution >= 4 is 6.09 Å². The van der Waals surface area contributed by atoms with Gasteiger partial charge in [-0.2, -0.15) is 0 Å². The Morgan fingerprint density at radius 1 is 1.33 bits per heavy atom. The Morgan fingerprint density at radius 3 is 2.43 bits per heavy atom. The van der Waals surface area contributed by atoms with E-state index in [-0.39, 0.29) is 0 Å². The third-order valence-electron chi connectivity index (χ3n) is 3.43. The SMILES string of the molecule is CCC(O)C(C)(NC(=O)OC(C)(C)C)c1cccc(C)c1. The third-order valence-corrected chi connectivity index (χ3v) is 3.43. The number of ether oxygens (including phenoxy) is 1. The summed E-state index contributed by atoms with van der Waals surface area (Å²) in [4.78, 5) is 12.1. The smallest absolute Gasteiger partial charge is 0.408 e. The number of nitrogens with one attached hydrogen (secondary N) is 1. The number of aliphatic hydroxyl groups is 1. The van der Waals surface area contributed by atoms with E-state index in [0.717, 1.165) is 11.1 Å². The summed E-state index contributed by atoms with van der Waals surface area (Å²) in [6.07, 6.45) is -0.703. The van der Waals surface area contributed by atoms with Gasteiger partial charge in [-0.15, -0.1) is 0 Å². The van der Waals surface area contributed by atoms with E-state index in [1.807, 2.05) is 65.8 Å². The summed E-state index contributed by atoms with van der Waals surface area (Å²) in [5.41, 5.74) is 0.480. The number of amides is 1. The minimum Gasteiger partial charge on any atom is -0.444 e. The number of benzene rings is 1. The summed E-state index contributed by atoms with van der Waals surface area (Å²) in [6.45, 7) is 11.1. The summed E-state index contributed by atoms with van der Waals surface area (Å²) in [5.74, 6) is 0. The van der Waals surface area contributed by atoms with Gasteiger partial charge in [0.05, 0.1) is 11.6 Å². The standard InChI is InChI=1S/C17H27NO3/c1-7-14(19)17(6,13-10-8-9-12(2)11-13)18-15(20)21-16(3,4)5/h8-11,14,19H,7H2,1-6H3,(H,18,20). The number of carbonyl (C=O) groups excluding carboxylic acids is 1. The molecule has 0 spiro atoms. The average molecular weight is 293 g/mol. The van der Waals surface area contributed by atoms with Gasteiger partial charge in [0.15, 0.2) is 0 Å². The molecule has 0 aliphatic heterocycles. The number of aryl methyl sites for hydroxylation is 1. The van der Waals surface area contributed by atoms with Gasteiger partial charge in [-0.25, -0.2) is 4.79 Å². The highest BCUT2D eigenvalue weighted by molar-refractivity contribution is 5.69. The normalized spacial score (nSPS) is 16.0. The first-order chi connectivity index (χ1) is 9.58. The fraction of sp³-hybridized carbons (Fsp3) is 0.588. The lowest BCUT2D eigenvalue weighted by Gasteiger charge is -2.36. The highest BCUT2D eigenvalue weighted by Gasteiger charge is 2.36. The molecule has 2 N–H and O–H groups in total. The van der Waals surface area contributed by atoms with Crippen LogP contribution in [0.15, 0.2) is 24.3 Å². The zero-order valence-electron chi connectivity index (χ0n) is 13.9. The molecule has 2 unspecified atom stereocenters. The monoisotopic (exact) mass is 293 g/mol. The molecule has 0 fully saturated rings. The van der Waals surface area contributed by atoms with Gasteiger partial charge < -0.3 is 15.2 Å². The summed E-state index contributed by atoms with van der Waals surface area (Å²) in [5, 5.41) is 13.2. The van der Waals surface area contributed by atoms with Crippen LogP contribution in [0.5, 0.6) is 0 Å². The van der Waals surface area contributed by atoms with Gasteiger partial charge in [0.25, 0.3) is 0 Å². The van der Waals surface area contributed by atoms with Crippen LogP contribution < -0.4 is 5.32 Å². The number of alkyl carbamates (subject to hydrolysis) is 1. The molecule has 4 heteroatoms. The van der Waals surface area contributed by atoms with Crippen LogP contribution in [0.25, 0.3) is 0 Å². The minimum absolute atomic E-state index is 0.528. The van der Waals surface area contributed by atoms with E-state index < -0.39 is 23.3 Å². The van der Waals surface area contributed by atoms with Crippen molar-refractivity contribution < 1.29 is 14.6 Å². The number of rotatable bonds is 4. The molecule has 0 saturated carbocycles. The van der Waals surface area contributed by atoms with Crippen molar-refractivity contribution in [2.75, 3.05) is 0 Å². The van der Waals surface area contributed by atoms with Gasteiger partial charge in [-0.3, -0.25) is 0 Å². The highest BCUT2D eigenvalue weighted by atomic mass is 16.6. The predicted octanol–water partition coefficient (Wildman–Crippen LogP) is 3.51. The summed E-state index contributed by atoms with van der Waals surface area (Å²) in [6, 6.07) is 7.78. The lowest BCUT2D eigenvalue weighted by Crippen LogP contribution is -2.52. The lowest BCUT2D eigenvalue weighted by atomic mass is 9.84. The fourth-order valence-corrected chi connectivity index (χ4v) is 2.24. The van der Waals surface area contributed by atoms with Crippen molar-refractivity contribution in [2.45, 2.75) is 65.2 Å². The van der Waals surface area contributed by atoms with Gasteiger partial charge in [-0.05, 0) is 46.6 Å². The molecule has 0 aliphatic rings. The van der Waals surface area contributed by atoms with Gasteiger partial charge in [0.2, 0.25) is 0 Å². The third kappa shape index (κ3) is 4.74. The highest BCUT2D eigenvalue weighted by Crippen LogP contribution is 2.28. The van der Waals surface area contributed by atoms with E-state index in [0.29, 0.717) is 6.42 Å². The van der Waals surface area contributed by atoms with E-state index in [4.69, 9.17) is 4.74 Å². The minimum atomic E-state index is -0.886. The Balaban J connectivity index is 3.08. The fourth-order valence-electron chi connectivity index (χ4n) is 2.24. The molecule has 1 rings (SSSR count). The van der Waals surface area contributed by atoms with E-state index in [1.165, 1.54) is 0 Å². The van der Waals surface area contributed by atoms with Crippen molar-refractivity contribution in [3.63, 3.8) is 0 Å². The number of hydrogen-bond acceptors (Lipinski definition) is 3. The van der Waals surface area contributed by atoms with E-state index >= 15 is 0 Å². The Morgan fingerprint density at radius 2 is 1.95 bits per heavy atom. The summed E-state index contributed by atoms with van der Waals surface area (Å²) >= 11 is 0. The zero-order valence-corrected chi connectivity index (χ0v) is 13.9. The first-order valence-electron chi connectivity index (χ1n) is 7.35. The van der Waals surface area contributed by atoms with Crippen LogP contribution in [0.2, 0.25) is 0 Å². The number of hydrogen-bond donors (Lipinski definition) is 2. The van der Waals surface area contributed by atoms with Crippen LogP contribution in [-0.2, 0) is 10.3 Å². The zero-order chi connectivity index (χ0) is 16.3. The molecule has 1 aromatic carbocycles. The van der Waals surface area contributed by atoms with Crippen molar-refractivity contribution in [2.24, 2.45) is 0 Å². The Kier molecular flexibility index (Phi) is 5.40. The maximum atomic E-state index is 12.1. The second kappa shape index (κ2) is 6.48. The first-order valence-corrected chi connectivity index (χ1v) is 7.35. The predicted molar refractivity (Wildman–Crippen MR) is 84.2 cm³/mol.